The summed E-state index contributed by atoms with van der Waals surface area (Å²) in [6, 6.07) is 20.2. The van der Waals surface area contributed by atoms with Crippen LogP contribution in [0, 0.1) is 6.07 Å². The maximum absolute atomic E-state index is 3.06. The van der Waals surface area contributed by atoms with E-state index in [1.807, 2.05) is 12.1 Å². The summed E-state index contributed by atoms with van der Waals surface area (Å²) < 4.78 is 0. The Balaban J connectivity index is 0.00000106. The van der Waals surface area contributed by atoms with Crippen LogP contribution in [-0.2, 0) is 22.8 Å². The molecule has 2 heteroatoms. The van der Waals surface area contributed by atoms with Crippen LogP contribution < -0.4 is 0 Å². The number of aryl methyl sites for hydroxylation is 1. The molecule has 21 heavy (non-hydrogen) atoms. The van der Waals surface area contributed by atoms with Crippen molar-refractivity contribution in [2.45, 2.75) is 45.4 Å². The van der Waals surface area contributed by atoms with Crippen molar-refractivity contribution in [2.75, 3.05) is 0 Å². The van der Waals surface area contributed by atoms with Gasteiger partial charge in [-0.25, -0.2) is 0 Å². The van der Waals surface area contributed by atoms with Crippen molar-refractivity contribution in [2.24, 2.45) is 0 Å². The number of benzene rings is 2. The fourth-order valence-corrected chi connectivity index (χ4v) is 2.38. The summed E-state index contributed by atoms with van der Waals surface area (Å²) in [4.78, 5) is 0. The molecule has 0 radical (unpaired) electrons. The van der Waals surface area contributed by atoms with Gasteiger partial charge in [-0.1, -0.05) is 56.9 Å². The van der Waals surface area contributed by atoms with Gasteiger partial charge < -0.3 is 0 Å². The molecule has 108 valence electrons. The Morgan fingerprint density at radius 1 is 0.810 bits per heavy atom. The van der Waals surface area contributed by atoms with Crippen LogP contribution in [-0.4, -0.2) is 0 Å². The molecule has 2 aromatic rings. The molecule has 0 heterocycles. The molecule has 0 fully saturated rings. The molecule has 0 aliphatic heterocycles. The van der Waals surface area contributed by atoms with Crippen LogP contribution in [0.2, 0.25) is 0 Å². The quantitative estimate of drug-likeness (QED) is 0.284. The summed E-state index contributed by atoms with van der Waals surface area (Å²) in [6.45, 7) is 2.26. The summed E-state index contributed by atoms with van der Waals surface area (Å²) in [6.07, 6.45) is 7.98. The van der Waals surface area contributed by atoms with E-state index in [0.29, 0.717) is 0 Å². The number of halogens is 1. The molecule has 2 aromatic carbocycles. The van der Waals surface area contributed by atoms with Crippen LogP contribution in [0.1, 0.15) is 44.6 Å². The summed E-state index contributed by atoms with van der Waals surface area (Å²) >= 11 is 4.25. The molecular weight excluding hydrogens is 374 g/mol. The molecule has 0 bridgehead atoms. The zero-order chi connectivity index (χ0) is 15.3. The number of hydrogen-bond donors (Lipinski definition) is 0. The van der Waals surface area contributed by atoms with Crippen molar-refractivity contribution in [1.82, 2.24) is 0 Å². The third-order valence-corrected chi connectivity index (χ3v) is 3.57. The second kappa shape index (κ2) is 12.1. The van der Waals surface area contributed by atoms with Gasteiger partial charge in [0, 0.05) is 0 Å². The predicted molar refractivity (Wildman–Crippen MR) is 92.1 cm³/mol. The molecule has 0 unspecified atom stereocenters. The van der Waals surface area contributed by atoms with E-state index in [9.17, 15) is 0 Å². The summed E-state index contributed by atoms with van der Waals surface area (Å²) in [7, 11) is 0. The van der Waals surface area contributed by atoms with E-state index in [1.54, 1.807) is 0 Å². The van der Waals surface area contributed by atoms with Crippen LogP contribution in [0.5, 0.6) is 0 Å². The van der Waals surface area contributed by atoms with E-state index < -0.39 is 0 Å². The Bertz CT molecular complexity index is 465. The fourth-order valence-electron chi connectivity index (χ4n) is 2.38. The van der Waals surface area contributed by atoms with Crippen LogP contribution in [0.4, 0.5) is 0 Å². The van der Waals surface area contributed by atoms with Crippen molar-refractivity contribution in [3.8, 4) is 11.1 Å². The third-order valence-electron chi connectivity index (χ3n) is 3.57. The molecule has 0 aliphatic rings. The Morgan fingerprint density at radius 2 is 1.38 bits per heavy atom. The zero-order valence-corrected chi connectivity index (χ0v) is 17.5. The van der Waals surface area contributed by atoms with Gasteiger partial charge in [-0.15, -0.1) is 5.56 Å². The normalized spacial score (nSPS) is 9.90. The van der Waals surface area contributed by atoms with Gasteiger partial charge >= 0.3 is 30.0 Å². The van der Waals surface area contributed by atoms with Gasteiger partial charge in [0.15, 0.2) is 0 Å². The van der Waals surface area contributed by atoms with E-state index in [-0.39, 0.29) is 0 Å². The van der Waals surface area contributed by atoms with Gasteiger partial charge in [-0.2, -0.15) is 30.3 Å². The van der Waals surface area contributed by atoms with Crippen LogP contribution in [0.15, 0.2) is 48.5 Å². The van der Waals surface area contributed by atoms with Crippen LogP contribution in [0.25, 0.3) is 11.1 Å². The minimum absolute atomic E-state index is 1.19. The molecule has 2 rings (SSSR count). The number of hydrogen-bond acceptors (Lipinski definition) is 0. The van der Waals surface area contributed by atoms with E-state index in [1.165, 1.54) is 71.6 Å². The summed E-state index contributed by atoms with van der Waals surface area (Å²) in [5, 5.41) is 0. The molecule has 0 saturated carbocycles. The van der Waals surface area contributed by atoms with Crippen molar-refractivity contribution >= 4 is 13.6 Å². The van der Waals surface area contributed by atoms with E-state index in [2.05, 4.69) is 63.0 Å². The van der Waals surface area contributed by atoms with Gasteiger partial charge in [0.2, 0.25) is 0 Å². The molecule has 0 N–H and O–H groups in total. The molecule has 0 amide bonds. The topological polar surface area (TPSA) is 0 Å². The monoisotopic (exact) mass is 394 g/mol. The first kappa shape index (κ1) is 18.6. The first-order chi connectivity index (χ1) is 10.4. The standard InChI is InChI=1S/C19H23.BrH.Zn/c1-2-3-4-5-7-10-17-13-15-19(16-14-17)18-11-8-6-9-12-18;;/h8-9,11-16H,2-5,7,10H2,1H3;1H;/q-1;;+2/p-1. The molecule has 0 spiro atoms. The van der Waals surface area contributed by atoms with Crippen LogP contribution in [0.3, 0.4) is 0 Å². The Labute approximate surface area is 146 Å². The first-order valence-corrected chi connectivity index (χ1v) is 14.7. The van der Waals surface area contributed by atoms with E-state index in [0.717, 1.165) is 0 Å². The maximum atomic E-state index is 3.06. The van der Waals surface area contributed by atoms with Gasteiger partial charge in [-0.05, 0) is 24.0 Å². The van der Waals surface area contributed by atoms with Crippen molar-refractivity contribution in [1.29, 1.82) is 0 Å². The number of unbranched alkanes of at least 4 members (excludes halogenated alkanes) is 4. The predicted octanol–water partition coefficient (Wildman–Crippen LogP) is 6.51. The molecular formula is C19H23BrZn. The van der Waals surface area contributed by atoms with E-state index >= 15 is 0 Å². The van der Waals surface area contributed by atoms with Gasteiger partial charge in [0.1, 0.15) is 0 Å². The Morgan fingerprint density at radius 3 is 2.00 bits per heavy atom. The average molecular weight is 397 g/mol. The fraction of sp³-hybridized carbons (Fsp3) is 0.368. The summed E-state index contributed by atoms with van der Waals surface area (Å²) in [5.74, 6) is 0. The van der Waals surface area contributed by atoms with Crippen molar-refractivity contribution in [3.63, 3.8) is 0 Å². The van der Waals surface area contributed by atoms with Gasteiger partial charge in [0.05, 0.1) is 0 Å². The number of rotatable bonds is 7. The SMILES string of the molecule is CCCCCCCc1ccc(-c2cc[c-]cc2)cc1.[Zn+][Br]. The van der Waals surface area contributed by atoms with Crippen molar-refractivity contribution < 1.29 is 16.3 Å². The van der Waals surface area contributed by atoms with Gasteiger partial charge in [0.25, 0.3) is 0 Å². The van der Waals surface area contributed by atoms with Crippen molar-refractivity contribution in [3.05, 3.63) is 60.2 Å². The third kappa shape index (κ3) is 7.38. The van der Waals surface area contributed by atoms with Crippen LogP contribution >= 0.6 is 13.6 Å². The second-order valence-corrected chi connectivity index (χ2v) is 5.15. The summed E-state index contributed by atoms with van der Waals surface area (Å²) in [5.41, 5.74) is 4.03. The molecule has 0 saturated heterocycles. The minimum atomic E-state index is 1.19. The molecule has 0 aliphatic carbocycles. The Kier molecular flexibility index (Phi) is 10.7. The van der Waals surface area contributed by atoms with E-state index in [4.69, 9.17) is 0 Å². The molecule has 0 atom stereocenters. The Hall–Kier alpha value is -0.457. The second-order valence-electron chi connectivity index (χ2n) is 5.15. The molecule has 0 nitrogen and oxygen atoms in total. The van der Waals surface area contributed by atoms with Gasteiger partial charge in [-0.3, -0.25) is 0 Å². The molecule has 0 aromatic heterocycles. The first-order valence-electron chi connectivity index (χ1n) is 7.72. The average Bonchev–Trinajstić information content (AvgIpc) is 2.58. The zero-order valence-electron chi connectivity index (χ0n) is 12.9.